The molecule has 4 rings (SSSR count). The van der Waals surface area contributed by atoms with Crippen LogP contribution in [0.15, 0.2) is 18.2 Å². The van der Waals surface area contributed by atoms with E-state index in [0.29, 0.717) is 19.4 Å². The predicted octanol–water partition coefficient (Wildman–Crippen LogP) is 1.38. The fourth-order valence-electron chi connectivity index (χ4n) is 6.32. The van der Waals surface area contributed by atoms with Crippen molar-refractivity contribution >= 4 is 17.8 Å². The van der Waals surface area contributed by atoms with Crippen molar-refractivity contribution in [3.8, 4) is 5.75 Å². The average molecular weight is 445 g/mol. The van der Waals surface area contributed by atoms with E-state index in [-0.39, 0.29) is 23.7 Å². The molecule has 1 spiro atoms. The molecular weight excluding hydrogens is 412 g/mol. The standard InChI is InChI=1S/C24H32N2O6/c1-13-12-24-17-8-7-16(31-3)10-15(17)6-5-9-26(24)19(28)11-18(24)20(13)22(29)25-21(14(2)27)23(30)32-4/h7-8,10,13-14,18,20-21,27H,5-6,9,11-12H2,1-4H3,(H,25,29)/t13-,14+,18?,20?,21-,24?/m0/s1. The van der Waals surface area contributed by atoms with Gasteiger partial charge in [-0.1, -0.05) is 13.0 Å². The molecule has 0 aromatic heterocycles. The highest BCUT2D eigenvalue weighted by Gasteiger charge is 2.64. The smallest absolute Gasteiger partial charge is 0.331 e. The summed E-state index contributed by atoms with van der Waals surface area (Å²) in [6, 6.07) is 4.88. The summed E-state index contributed by atoms with van der Waals surface area (Å²) in [5, 5.41) is 12.7. The lowest BCUT2D eigenvalue weighted by Gasteiger charge is -2.39. The van der Waals surface area contributed by atoms with E-state index in [1.54, 1.807) is 7.11 Å². The van der Waals surface area contributed by atoms with Gasteiger partial charge in [0.15, 0.2) is 6.04 Å². The maximum absolute atomic E-state index is 13.4. The highest BCUT2D eigenvalue weighted by Crippen LogP contribution is 2.60. The van der Waals surface area contributed by atoms with Crippen molar-refractivity contribution in [3.05, 3.63) is 29.3 Å². The highest BCUT2D eigenvalue weighted by molar-refractivity contribution is 5.89. The SMILES string of the molecule is COC(=O)[C@@H](NC(=O)C1C2CC(=O)N3CCCc4cc(OC)ccc4C23C[C@@H]1C)[C@@H](C)O. The molecular formula is C24H32N2O6. The van der Waals surface area contributed by atoms with Crippen LogP contribution in [0, 0.1) is 17.8 Å². The lowest BCUT2D eigenvalue weighted by molar-refractivity contribution is -0.149. The van der Waals surface area contributed by atoms with Crippen molar-refractivity contribution in [2.75, 3.05) is 20.8 Å². The van der Waals surface area contributed by atoms with E-state index in [9.17, 15) is 19.5 Å². The van der Waals surface area contributed by atoms with Gasteiger partial charge in [-0.25, -0.2) is 4.79 Å². The zero-order valence-electron chi connectivity index (χ0n) is 19.1. The molecule has 174 valence electrons. The number of aliphatic hydroxyl groups is 1. The Labute approximate surface area is 188 Å². The number of amides is 2. The van der Waals surface area contributed by atoms with Gasteiger partial charge in [0.1, 0.15) is 5.75 Å². The van der Waals surface area contributed by atoms with E-state index in [0.717, 1.165) is 29.7 Å². The number of methoxy groups -OCH3 is 2. The fourth-order valence-corrected chi connectivity index (χ4v) is 6.32. The molecule has 2 fully saturated rings. The lowest BCUT2D eigenvalue weighted by atomic mass is 9.76. The minimum absolute atomic E-state index is 0.00375. The molecule has 0 bridgehead atoms. The first-order chi connectivity index (χ1) is 15.2. The van der Waals surface area contributed by atoms with Gasteiger partial charge in [-0.05, 0) is 55.4 Å². The van der Waals surface area contributed by atoms with Crippen LogP contribution in [0.4, 0.5) is 0 Å². The van der Waals surface area contributed by atoms with E-state index in [1.165, 1.54) is 14.0 Å². The van der Waals surface area contributed by atoms with Gasteiger partial charge >= 0.3 is 5.97 Å². The number of rotatable bonds is 5. The van der Waals surface area contributed by atoms with Crippen molar-refractivity contribution < 1.29 is 29.0 Å². The van der Waals surface area contributed by atoms with Crippen LogP contribution >= 0.6 is 0 Å². The summed E-state index contributed by atoms with van der Waals surface area (Å²) < 4.78 is 10.2. The topological polar surface area (TPSA) is 105 Å². The van der Waals surface area contributed by atoms with Gasteiger partial charge in [-0.15, -0.1) is 0 Å². The molecule has 1 saturated carbocycles. The molecule has 32 heavy (non-hydrogen) atoms. The van der Waals surface area contributed by atoms with E-state index < -0.39 is 29.6 Å². The third-order valence-corrected chi connectivity index (χ3v) is 7.62. The van der Waals surface area contributed by atoms with Crippen LogP contribution in [0.1, 0.15) is 44.2 Å². The molecule has 8 heteroatoms. The molecule has 2 N–H and O–H groups in total. The Morgan fingerprint density at radius 3 is 2.72 bits per heavy atom. The van der Waals surface area contributed by atoms with Crippen molar-refractivity contribution in [2.45, 2.75) is 57.2 Å². The molecule has 1 aromatic carbocycles. The first-order valence-corrected chi connectivity index (χ1v) is 11.3. The third-order valence-electron chi connectivity index (χ3n) is 7.62. The van der Waals surface area contributed by atoms with Crippen LogP contribution < -0.4 is 10.1 Å². The quantitative estimate of drug-likeness (QED) is 0.665. The van der Waals surface area contributed by atoms with Crippen molar-refractivity contribution in [1.29, 1.82) is 0 Å². The molecule has 3 unspecified atom stereocenters. The number of carbonyl (C=O) groups is 3. The number of nitrogens with zero attached hydrogens (tertiary/aromatic N) is 1. The predicted molar refractivity (Wildman–Crippen MR) is 116 cm³/mol. The second-order valence-corrected chi connectivity index (χ2v) is 9.36. The maximum atomic E-state index is 13.4. The molecule has 3 aliphatic rings. The van der Waals surface area contributed by atoms with Gasteiger partial charge in [0.05, 0.1) is 25.9 Å². The maximum Gasteiger partial charge on any atom is 0.331 e. The van der Waals surface area contributed by atoms with Gasteiger partial charge in [0.25, 0.3) is 0 Å². The number of ether oxygens (including phenoxy) is 2. The van der Waals surface area contributed by atoms with Gasteiger partial charge in [-0.3, -0.25) is 9.59 Å². The first kappa shape index (κ1) is 22.6. The zero-order valence-corrected chi connectivity index (χ0v) is 19.1. The largest absolute Gasteiger partial charge is 0.497 e. The summed E-state index contributed by atoms with van der Waals surface area (Å²) in [5.41, 5.74) is 1.73. The van der Waals surface area contributed by atoms with Crippen molar-refractivity contribution in [1.82, 2.24) is 10.2 Å². The van der Waals surface area contributed by atoms with Crippen molar-refractivity contribution in [3.63, 3.8) is 0 Å². The molecule has 1 aliphatic carbocycles. The summed E-state index contributed by atoms with van der Waals surface area (Å²) in [5.74, 6) is -0.813. The Morgan fingerprint density at radius 2 is 2.06 bits per heavy atom. The van der Waals surface area contributed by atoms with Crippen molar-refractivity contribution in [2.24, 2.45) is 17.8 Å². The number of fused-ring (bicyclic) bond motifs is 1. The second kappa shape index (κ2) is 8.39. The second-order valence-electron chi connectivity index (χ2n) is 9.36. The first-order valence-electron chi connectivity index (χ1n) is 11.3. The Kier molecular flexibility index (Phi) is 5.92. The average Bonchev–Trinajstić information content (AvgIpc) is 3.12. The summed E-state index contributed by atoms with van der Waals surface area (Å²) >= 11 is 0. The monoisotopic (exact) mass is 444 g/mol. The number of carbonyl (C=O) groups excluding carboxylic acids is 3. The number of hydrogen-bond acceptors (Lipinski definition) is 6. The van der Waals surface area contributed by atoms with Crippen LogP contribution in [0.25, 0.3) is 0 Å². The number of nitrogens with one attached hydrogen (secondary N) is 1. The van der Waals surface area contributed by atoms with Crippen LogP contribution in [0.5, 0.6) is 5.75 Å². The lowest BCUT2D eigenvalue weighted by Crippen LogP contribution is -2.51. The molecule has 1 saturated heterocycles. The van der Waals surface area contributed by atoms with Gasteiger partial charge < -0.3 is 24.8 Å². The molecule has 1 aromatic rings. The molecule has 2 amide bonds. The summed E-state index contributed by atoms with van der Waals surface area (Å²) in [6.45, 7) is 4.13. The van der Waals surface area contributed by atoms with Gasteiger partial charge in [0.2, 0.25) is 11.8 Å². The number of hydrogen-bond donors (Lipinski definition) is 2. The molecule has 2 heterocycles. The molecule has 8 nitrogen and oxygen atoms in total. The van der Waals surface area contributed by atoms with E-state index in [4.69, 9.17) is 9.47 Å². The Bertz CT molecular complexity index is 931. The third kappa shape index (κ3) is 3.36. The Hall–Kier alpha value is -2.61. The number of esters is 1. The Morgan fingerprint density at radius 1 is 1.31 bits per heavy atom. The summed E-state index contributed by atoms with van der Waals surface area (Å²) in [7, 11) is 2.87. The van der Waals surface area contributed by atoms with Crippen LogP contribution in [0.2, 0.25) is 0 Å². The molecule has 2 aliphatic heterocycles. The molecule has 0 radical (unpaired) electrons. The van der Waals surface area contributed by atoms with E-state index in [1.807, 2.05) is 24.0 Å². The highest BCUT2D eigenvalue weighted by atomic mass is 16.5. The fraction of sp³-hybridized carbons (Fsp3) is 0.625. The van der Waals surface area contributed by atoms with Crippen LogP contribution in [-0.2, 0) is 31.1 Å². The number of aryl methyl sites for hydroxylation is 1. The summed E-state index contributed by atoms with van der Waals surface area (Å²) in [6.07, 6.45) is 1.59. The Balaban J connectivity index is 1.73. The normalized spacial score (nSPS) is 30.5. The van der Waals surface area contributed by atoms with E-state index in [2.05, 4.69) is 11.4 Å². The minimum atomic E-state index is -1.14. The van der Waals surface area contributed by atoms with Crippen LogP contribution in [-0.4, -0.2) is 60.7 Å². The minimum Gasteiger partial charge on any atom is -0.497 e. The van der Waals surface area contributed by atoms with E-state index >= 15 is 0 Å². The zero-order chi connectivity index (χ0) is 23.2. The van der Waals surface area contributed by atoms with Gasteiger partial charge in [-0.2, -0.15) is 0 Å². The summed E-state index contributed by atoms with van der Waals surface area (Å²) in [4.78, 5) is 40.6. The molecule has 6 atom stereocenters. The number of benzene rings is 1. The number of aliphatic hydroxyl groups excluding tert-OH is 1. The van der Waals surface area contributed by atoms with Crippen LogP contribution in [0.3, 0.4) is 0 Å². The van der Waals surface area contributed by atoms with Gasteiger partial charge in [0, 0.05) is 24.8 Å².